The fourth-order valence-electron chi connectivity index (χ4n) is 2.74. The molecule has 148 valence electrons. The number of nitrogens with zero attached hydrogens (tertiary/aromatic N) is 3. The maximum atomic E-state index is 5.36. The highest BCUT2D eigenvalue weighted by Gasteiger charge is 2.06. The molecule has 27 heavy (non-hydrogen) atoms. The van der Waals surface area contributed by atoms with Gasteiger partial charge in [-0.1, -0.05) is 13.0 Å². The van der Waals surface area contributed by atoms with Gasteiger partial charge in [-0.25, -0.2) is 0 Å². The van der Waals surface area contributed by atoms with Crippen molar-refractivity contribution in [3.8, 4) is 11.5 Å². The summed E-state index contributed by atoms with van der Waals surface area (Å²) in [5.74, 6) is 2.75. The number of benzene rings is 1. The molecule has 7 nitrogen and oxygen atoms in total. The van der Waals surface area contributed by atoms with Gasteiger partial charge in [0.15, 0.2) is 17.5 Å². The lowest BCUT2D eigenvalue weighted by atomic mass is 10.1. The predicted octanol–water partition coefficient (Wildman–Crippen LogP) is 2.33. The molecule has 1 heterocycles. The Balaban J connectivity index is 1.84. The minimum Gasteiger partial charge on any atom is -0.493 e. The molecule has 0 saturated carbocycles. The quantitative estimate of drug-likeness (QED) is 0.494. The Hall–Kier alpha value is -2.70. The molecule has 0 fully saturated rings. The van der Waals surface area contributed by atoms with Crippen LogP contribution in [0.1, 0.15) is 19.4 Å². The first-order chi connectivity index (χ1) is 13.2. The van der Waals surface area contributed by atoms with Crippen molar-refractivity contribution in [2.24, 2.45) is 10.9 Å². The summed E-state index contributed by atoms with van der Waals surface area (Å²) in [7, 11) is 3.30. The third-order valence-electron chi connectivity index (χ3n) is 4.12. The molecule has 0 aliphatic heterocycles. The third kappa shape index (κ3) is 6.84. The molecule has 2 N–H and O–H groups in total. The van der Waals surface area contributed by atoms with Crippen LogP contribution in [0.15, 0.2) is 41.7 Å². The SMILES string of the molecule is CCNC(=NCC(C)Cn1cccn1)NCCc1ccc(OC)c(OC)c1. The molecule has 2 aromatic rings. The molecule has 0 bridgehead atoms. The van der Waals surface area contributed by atoms with E-state index in [0.29, 0.717) is 5.92 Å². The molecule has 0 spiro atoms. The van der Waals surface area contributed by atoms with E-state index in [1.165, 1.54) is 5.56 Å². The van der Waals surface area contributed by atoms with Crippen LogP contribution in [0.2, 0.25) is 0 Å². The van der Waals surface area contributed by atoms with Gasteiger partial charge in [-0.2, -0.15) is 5.10 Å². The minimum absolute atomic E-state index is 0.409. The number of hydrogen-bond acceptors (Lipinski definition) is 4. The summed E-state index contributed by atoms with van der Waals surface area (Å²) in [6, 6.07) is 7.94. The van der Waals surface area contributed by atoms with Crippen molar-refractivity contribution in [1.82, 2.24) is 20.4 Å². The van der Waals surface area contributed by atoms with Crippen LogP contribution < -0.4 is 20.1 Å². The number of rotatable bonds is 10. The lowest BCUT2D eigenvalue weighted by molar-refractivity contribution is 0.354. The van der Waals surface area contributed by atoms with E-state index in [1.807, 2.05) is 29.1 Å². The summed E-state index contributed by atoms with van der Waals surface area (Å²) >= 11 is 0. The van der Waals surface area contributed by atoms with E-state index in [2.05, 4.69) is 35.6 Å². The number of ether oxygens (including phenoxy) is 2. The van der Waals surface area contributed by atoms with E-state index < -0.39 is 0 Å². The second-order valence-corrected chi connectivity index (χ2v) is 6.42. The van der Waals surface area contributed by atoms with Gasteiger partial charge in [-0.15, -0.1) is 0 Å². The van der Waals surface area contributed by atoms with Crippen LogP contribution in [0.4, 0.5) is 0 Å². The molecule has 1 unspecified atom stereocenters. The summed E-state index contributed by atoms with van der Waals surface area (Å²) in [6.45, 7) is 7.47. The topological polar surface area (TPSA) is 72.7 Å². The van der Waals surface area contributed by atoms with Crippen LogP contribution in [0.3, 0.4) is 0 Å². The summed E-state index contributed by atoms with van der Waals surface area (Å²) < 4.78 is 12.6. The second-order valence-electron chi connectivity index (χ2n) is 6.42. The van der Waals surface area contributed by atoms with Crippen molar-refractivity contribution in [2.75, 3.05) is 33.9 Å². The van der Waals surface area contributed by atoms with E-state index in [1.54, 1.807) is 20.4 Å². The zero-order valence-corrected chi connectivity index (χ0v) is 16.7. The first-order valence-electron chi connectivity index (χ1n) is 9.36. The van der Waals surface area contributed by atoms with E-state index in [0.717, 1.165) is 50.1 Å². The van der Waals surface area contributed by atoms with Crippen molar-refractivity contribution in [3.05, 3.63) is 42.2 Å². The van der Waals surface area contributed by atoms with Gasteiger partial charge in [0.05, 0.1) is 14.2 Å². The highest BCUT2D eigenvalue weighted by Crippen LogP contribution is 2.27. The van der Waals surface area contributed by atoms with Crippen molar-refractivity contribution in [2.45, 2.75) is 26.8 Å². The molecule has 1 atom stereocenters. The first-order valence-corrected chi connectivity index (χ1v) is 9.36. The second kappa shape index (κ2) is 11.1. The van der Waals surface area contributed by atoms with Crippen molar-refractivity contribution in [3.63, 3.8) is 0 Å². The normalized spacial score (nSPS) is 12.5. The first kappa shape index (κ1) is 20.6. The predicted molar refractivity (Wildman–Crippen MR) is 109 cm³/mol. The largest absolute Gasteiger partial charge is 0.493 e. The number of nitrogens with one attached hydrogen (secondary N) is 2. The molecule has 0 saturated heterocycles. The average Bonchev–Trinajstić information content (AvgIpc) is 3.18. The van der Waals surface area contributed by atoms with Crippen molar-refractivity contribution in [1.29, 1.82) is 0 Å². The van der Waals surface area contributed by atoms with Crippen LogP contribution in [0, 0.1) is 5.92 Å². The number of guanidine groups is 1. The van der Waals surface area contributed by atoms with Crippen molar-refractivity contribution >= 4 is 5.96 Å². The smallest absolute Gasteiger partial charge is 0.191 e. The fourth-order valence-corrected chi connectivity index (χ4v) is 2.74. The lowest BCUT2D eigenvalue weighted by Gasteiger charge is -2.14. The Labute approximate surface area is 161 Å². The molecule has 1 aromatic heterocycles. The number of methoxy groups -OCH3 is 2. The van der Waals surface area contributed by atoms with Gasteiger partial charge >= 0.3 is 0 Å². The Morgan fingerprint density at radius 2 is 2.04 bits per heavy atom. The van der Waals surface area contributed by atoms with E-state index in [4.69, 9.17) is 14.5 Å². The average molecular weight is 374 g/mol. The molecule has 0 amide bonds. The number of aliphatic imine (C=N–C) groups is 1. The molecule has 2 rings (SSSR count). The Morgan fingerprint density at radius 3 is 2.70 bits per heavy atom. The number of hydrogen-bond donors (Lipinski definition) is 2. The summed E-state index contributed by atoms with van der Waals surface area (Å²) in [4.78, 5) is 4.69. The molecule has 1 aromatic carbocycles. The molecule has 0 aliphatic carbocycles. The number of aromatic nitrogens is 2. The standard InChI is InChI=1S/C20H31N5O2/c1-5-21-20(23-14-16(2)15-25-12-6-10-24-25)22-11-9-17-7-8-18(26-3)19(13-17)27-4/h6-8,10,12-13,16H,5,9,11,14-15H2,1-4H3,(H2,21,22,23). The highest BCUT2D eigenvalue weighted by molar-refractivity contribution is 5.79. The van der Waals surface area contributed by atoms with Crippen molar-refractivity contribution < 1.29 is 9.47 Å². The van der Waals surface area contributed by atoms with Gasteiger partial charge in [-0.05, 0) is 43.0 Å². The molecule has 0 aliphatic rings. The summed E-state index contributed by atoms with van der Waals surface area (Å²) in [5.41, 5.74) is 1.18. The Morgan fingerprint density at radius 1 is 1.22 bits per heavy atom. The van der Waals surface area contributed by atoms with Gasteiger partial charge in [0.25, 0.3) is 0 Å². The van der Waals surface area contributed by atoms with Crippen LogP contribution in [0.25, 0.3) is 0 Å². The molecule has 0 radical (unpaired) electrons. The van der Waals surface area contributed by atoms with Gasteiger partial charge in [0.1, 0.15) is 0 Å². The van der Waals surface area contributed by atoms with Gasteiger partial charge < -0.3 is 20.1 Å². The Bertz CT molecular complexity index is 700. The summed E-state index contributed by atoms with van der Waals surface area (Å²) in [5, 5.41) is 10.9. The zero-order chi connectivity index (χ0) is 19.5. The lowest BCUT2D eigenvalue weighted by Crippen LogP contribution is -2.38. The zero-order valence-electron chi connectivity index (χ0n) is 16.7. The maximum absolute atomic E-state index is 5.36. The fraction of sp³-hybridized carbons (Fsp3) is 0.500. The minimum atomic E-state index is 0.409. The van der Waals surface area contributed by atoms with Crippen LogP contribution in [-0.2, 0) is 13.0 Å². The summed E-state index contributed by atoms with van der Waals surface area (Å²) in [6.07, 6.45) is 4.65. The van der Waals surface area contributed by atoms with Gasteiger partial charge in [0.2, 0.25) is 0 Å². The van der Waals surface area contributed by atoms with Crippen LogP contribution in [0.5, 0.6) is 11.5 Å². The van der Waals surface area contributed by atoms with Crippen LogP contribution in [-0.4, -0.2) is 49.6 Å². The third-order valence-corrected chi connectivity index (χ3v) is 4.12. The van der Waals surface area contributed by atoms with E-state index in [-0.39, 0.29) is 0 Å². The van der Waals surface area contributed by atoms with E-state index >= 15 is 0 Å². The van der Waals surface area contributed by atoms with Crippen LogP contribution >= 0.6 is 0 Å². The monoisotopic (exact) mass is 373 g/mol. The van der Waals surface area contributed by atoms with E-state index in [9.17, 15) is 0 Å². The molecular weight excluding hydrogens is 342 g/mol. The maximum Gasteiger partial charge on any atom is 0.191 e. The van der Waals surface area contributed by atoms with Gasteiger partial charge in [-0.3, -0.25) is 9.67 Å². The molecular formula is C20H31N5O2. The van der Waals surface area contributed by atoms with Gasteiger partial charge in [0, 0.05) is 38.6 Å². The Kier molecular flexibility index (Phi) is 8.48. The highest BCUT2D eigenvalue weighted by atomic mass is 16.5. The molecule has 7 heteroatoms.